The Bertz CT molecular complexity index is 717. The molecule has 2 aromatic rings. The van der Waals surface area contributed by atoms with Crippen molar-refractivity contribution >= 4 is 5.96 Å². The van der Waals surface area contributed by atoms with Crippen LogP contribution in [0.15, 0.2) is 35.6 Å². The Morgan fingerprint density at radius 2 is 2.00 bits per heavy atom. The molecule has 0 aliphatic carbocycles. The summed E-state index contributed by atoms with van der Waals surface area (Å²) in [6.45, 7) is 3.47. The number of nitrogens with one attached hydrogen (secondary N) is 2. The second kappa shape index (κ2) is 8.75. The second-order valence-corrected chi connectivity index (χ2v) is 6.55. The van der Waals surface area contributed by atoms with Gasteiger partial charge in [-0.15, -0.1) is 0 Å². The molecule has 0 atom stereocenters. The third-order valence-electron chi connectivity index (χ3n) is 4.69. The van der Waals surface area contributed by atoms with Crippen LogP contribution in [0.25, 0.3) is 0 Å². The van der Waals surface area contributed by atoms with Gasteiger partial charge in [-0.25, -0.2) is 9.37 Å². The van der Waals surface area contributed by atoms with Gasteiger partial charge in [0.15, 0.2) is 5.96 Å². The van der Waals surface area contributed by atoms with Gasteiger partial charge in [0.05, 0.1) is 6.54 Å². The summed E-state index contributed by atoms with van der Waals surface area (Å²) in [6.07, 6.45) is 3.64. The van der Waals surface area contributed by atoms with Gasteiger partial charge in [-0.2, -0.15) is 5.10 Å². The maximum Gasteiger partial charge on any atom is 0.191 e. The fourth-order valence-electron chi connectivity index (χ4n) is 3.11. The number of aryl methyl sites for hydroxylation is 1. The molecular formula is C18H26FN7. The van der Waals surface area contributed by atoms with Crippen LogP contribution in [-0.4, -0.2) is 51.8 Å². The molecule has 1 aliphatic rings. The Hall–Kier alpha value is -2.48. The summed E-state index contributed by atoms with van der Waals surface area (Å²) >= 11 is 0. The first-order chi connectivity index (χ1) is 12.6. The molecule has 1 aromatic heterocycles. The van der Waals surface area contributed by atoms with Crippen molar-refractivity contribution in [1.82, 2.24) is 30.3 Å². The summed E-state index contributed by atoms with van der Waals surface area (Å²) in [6, 6.07) is 7.16. The van der Waals surface area contributed by atoms with Crippen molar-refractivity contribution in [2.75, 3.05) is 20.1 Å². The highest BCUT2D eigenvalue weighted by molar-refractivity contribution is 5.79. The average Bonchev–Trinajstić information content (AvgIpc) is 3.07. The number of piperidine rings is 1. The van der Waals surface area contributed by atoms with Gasteiger partial charge in [0, 0.05) is 39.8 Å². The number of halogens is 1. The highest BCUT2D eigenvalue weighted by atomic mass is 19.1. The molecule has 26 heavy (non-hydrogen) atoms. The average molecular weight is 359 g/mol. The maximum atomic E-state index is 13.0. The molecule has 3 rings (SSSR count). The van der Waals surface area contributed by atoms with Crippen LogP contribution in [0.5, 0.6) is 0 Å². The van der Waals surface area contributed by atoms with Gasteiger partial charge in [0.25, 0.3) is 0 Å². The first kappa shape index (κ1) is 18.3. The lowest BCUT2D eigenvalue weighted by atomic mass is 10.0. The van der Waals surface area contributed by atoms with E-state index >= 15 is 0 Å². The summed E-state index contributed by atoms with van der Waals surface area (Å²) in [5.74, 6) is 1.46. The molecular weight excluding hydrogens is 333 g/mol. The van der Waals surface area contributed by atoms with Crippen molar-refractivity contribution in [3.63, 3.8) is 0 Å². The van der Waals surface area contributed by atoms with Gasteiger partial charge in [-0.05, 0) is 30.5 Å². The number of guanidine groups is 1. The lowest BCUT2D eigenvalue weighted by molar-refractivity contribution is 0.198. The van der Waals surface area contributed by atoms with Crippen molar-refractivity contribution in [2.24, 2.45) is 12.0 Å². The Kier molecular flexibility index (Phi) is 6.17. The number of rotatable bonds is 5. The third-order valence-corrected chi connectivity index (χ3v) is 4.69. The summed E-state index contributed by atoms with van der Waals surface area (Å²) in [4.78, 5) is 10.9. The molecule has 1 fully saturated rings. The fraction of sp³-hybridized carbons (Fsp3) is 0.500. The van der Waals surface area contributed by atoms with E-state index in [0.29, 0.717) is 12.6 Å². The van der Waals surface area contributed by atoms with Crippen molar-refractivity contribution in [3.05, 3.63) is 47.8 Å². The summed E-state index contributed by atoms with van der Waals surface area (Å²) in [5, 5.41) is 10.8. The topological polar surface area (TPSA) is 70.4 Å². The molecule has 140 valence electrons. The molecule has 0 unspecified atom stereocenters. The normalized spacial score (nSPS) is 16.7. The Morgan fingerprint density at radius 3 is 2.62 bits per heavy atom. The number of nitrogens with zero attached hydrogens (tertiary/aromatic N) is 5. The van der Waals surface area contributed by atoms with Crippen molar-refractivity contribution in [3.8, 4) is 0 Å². The lowest BCUT2D eigenvalue weighted by Crippen LogP contribution is -2.48. The smallest absolute Gasteiger partial charge is 0.191 e. The van der Waals surface area contributed by atoms with E-state index in [0.717, 1.165) is 49.8 Å². The molecule has 2 heterocycles. The zero-order valence-electron chi connectivity index (χ0n) is 15.3. The van der Waals surface area contributed by atoms with Crippen molar-refractivity contribution < 1.29 is 4.39 Å². The van der Waals surface area contributed by atoms with E-state index in [9.17, 15) is 4.39 Å². The van der Waals surface area contributed by atoms with Crippen LogP contribution < -0.4 is 10.6 Å². The first-order valence-corrected chi connectivity index (χ1v) is 8.91. The molecule has 0 spiro atoms. The van der Waals surface area contributed by atoms with Crippen LogP contribution >= 0.6 is 0 Å². The highest BCUT2D eigenvalue weighted by Crippen LogP contribution is 2.14. The van der Waals surface area contributed by atoms with E-state index in [1.54, 1.807) is 18.1 Å². The van der Waals surface area contributed by atoms with E-state index in [-0.39, 0.29) is 5.82 Å². The van der Waals surface area contributed by atoms with Crippen LogP contribution in [0.4, 0.5) is 4.39 Å². The lowest BCUT2D eigenvalue weighted by Gasteiger charge is -2.33. The van der Waals surface area contributed by atoms with E-state index < -0.39 is 0 Å². The standard InChI is InChI=1S/C18H26FN7/c1-20-18(21-11-17-22-13-23-25(17)2)24-16-7-9-26(10-8-16)12-14-3-5-15(19)6-4-14/h3-6,13,16H,7-12H2,1-2H3,(H2,20,21,24). The van der Waals surface area contributed by atoms with Crippen LogP contribution in [0.3, 0.4) is 0 Å². The van der Waals surface area contributed by atoms with Gasteiger partial charge in [-0.1, -0.05) is 12.1 Å². The Balaban J connectivity index is 1.42. The number of benzene rings is 1. The zero-order valence-corrected chi connectivity index (χ0v) is 15.3. The molecule has 0 radical (unpaired) electrons. The number of aliphatic imine (C=N–C) groups is 1. The maximum absolute atomic E-state index is 13.0. The van der Waals surface area contributed by atoms with E-state index in [4.69, 9.17) is 0 Å². The van der Waals surface area contributed by atoms with Gasteiger partial charge in [0.2, 0.25) is 0 Å². The van der Waals surface area contributed by atoms with Gasteiger partial charge < -0.3 is 10.6 Å². The van der Waals surface area contributed by atoms with Crippen LogP contribution in [0, 0.1) is 5.82 Å². The van der Waals surface area contributed by atoms with E-state index in [2.05, 4.69) is 30.6 Å². The van der Waals surface area contributed by atoms with E-state index in [1.165, 1.54) is 12.1 Å². The monoisotopic (exact) mass is 359 g/mol. The molecule has 7 nitrogen and oxygen atoms in total. The summed E-state index contributed by atoms with van der Waals surface area (Å²) in [7, 11) is 3.65. The van der Waals surface area contributed by atoms with Crippen molar-refractivity contribution in [1.29, 1.82) is 0 Å². The SMILES string of the molecule is CN=C(NCc1ncnn1C)NC1CCN(Cc2ccc(F)cc2)CC1. The minimum atomic E-state index is -0.183. The van der Waals surface area contributed by atoms with Crippen LogP contribution in [0.2, 0.25) is 0 Å². The molecule has 1 aliphatic heterocycles. The van der Waals surface area contributed by atoms with Crippen LogP contribution in [0.1, 0.15) is 24.2 Å². The molecule has 8 heteroatoms. The minimum Gasteiger partial charge on any atom is -0.354 e. The highest BCUT2D eigenvalue weighted by Gasteiger charge is 2.20. The Labute approximate surface area is 153 Å². The third kappa shape index (κ3) is 5.01. The summed E-state index contributed by atoms with van der Waals surface area (Å²) < 4.78 is 14.7. The predicted octanol–water partition coefficient (Wildman–Crippen LogP) is 1.28. The van der Waals surface area contributed by atoms with Gasteiger partial charge >= 0.3 is 0 Å². The molecule has 0 bridgehead atoms. The second-order valence-electron chi connectivity index (χ2n) is 6.55. The number of likely N-dealkylation sites (tertiary alicyclic amines) is 1. The molecule has 1 aromatic carbocycles. The first-order valence-electron chi connectivity index (χ1n) is 8.91. The van der Waals surface area contributed by atoms with E-state index in [1.807, 2.05) is 19.2 Å². The number of aromatic nitrogens is 3. The molecule has 2 N–H and O–H groups in total. The minimum absolute atomic E-state index is 0.183. The van der Waals surface area contributed by atoms with Crippen LogP contribution in [-0.2, 0) is 20.1 Å². The fourth-order valence-corrected chi connectivity index (χ4v) is 3.11. The quantitative estimate of drug-likeness (QED) is 0.622. The molecule has 1 saturated heterocycles. The number of hydrogen-bond donors (Lipinski definition) is 2. The predicted molar refractivity (Wildman–Crippen MR) is 99.0 cm³/mol. The van der Waals surface area contributed by atoms with Gasteiger partial charge in [0.1, 0.15) is 18.0 Å². The van der Waals surface area contributed by atoms with Gasteiger partial charge in [-0.3, -0.25) is 14.6 Å². The molecule has 0 saturated carbocycles. The Morgan fingerprint density at radius 1 is 1.27 bits per heavy atom. The number of hydrogen-bond acceptors (Lipinski definition) is 4. The summed E-state index contributed by atoms with van der Waals surface area (Å²) in [5.41, 5.74) is 1.15. The molecule has 0 amide bonds. The largest absolute Gasteiger partial charge is 0.354 e. The van der Waals surface area contributed by atoms with Crippen molar-refractivity contribution in [2.45, 2.75) is 32.0 Å². The zero-order chi connectivity index (χ0) is 18.4.